The highest BCUT2D eigenvalue weighted by atomic mass is 35.5. The van der Waals surface area contributed by atoms with Crippen LogP contribution in [0.4, 0.5) is 0 Å². The molecule has 136 valence electrons. The molecule has 1 N–H and O–H groups in total. The number of carboxylic acid groups (broad SMARTS) is 1. The fraction of sp³-hybridized carbons (Fsp3) is 0. The summed E-state index contributed by atoms with van der Waals surface area (Å²) in [6.45, 7) is 0. The Hall–Kier alpha value is -3.50. The number of carbonyl (C=O) groups excluding carboxylic acids is 1. The van der Waals surface area contributed by atoms with Crippen molar-refractivity contribution in [2.45, 2.75) is 0 Å². The van der Waals surface area contributed by atoms with Gasteiger partial charge in [0.2, 0.25) is 0 Å². The van der Waals surface area contributed by atoms with Crippen molar-refractivity contribution in [2.24, 2.45) is 0 Å². The summed E-state index contributed by atoms with van der Waals surface area (Å²) in [6.07, 6.45) is 0.811. The molecule has 28 heavy (non-hydrogen) atoms. The fourth-order valence-corrected chi connectivity index (χ4v) is 3.28. The van der Waals surface area contributed by atoms with E-state index < -0.39 is 5.97 Å². The Morgan fingerprint density at radius 3 is 2.07 bits per heavy atom. The van der Waals surface area contributed by atoms with Crippen molar-refractivity contribution >= 4 is 34.8 Å². The zero-order valence-electron chi connectivity index (χ0n) is 14.6. The molecule has 0 aliphatic carbocycles. The van der Waals surface area contributed by atoms with Crippen LogP contribution in [0.5, 0.6) is 0 Å². The molecule has 3 aromatic carbocycles. The fourth-order valence-electron chi connectivity index (χ4n) is 3.11. The van der Waals surface area contributed by atoms with Crippen LogP contribution in [0.15, 0.2) is 72.8 Å². The van der Waals surface area contributed by atoms with Crippen molar-refractivity contribution in [2.75, 3.05) is 0 Å². The second-order valence-electron chi connectivity index (χ2n) is 6.34. The van der Waals surface area contributed by atoms with E-state index in [-0.39, 0.29) is 5.56 Å². The van der Waals surface area contributed by atoms with E-state index in [1.165, 1.54) is 0 Å². The Morgan fingerprint density at radius 2 is 1.46 bits per heavy atom. The molecule has 0 aliphatic rings. The molecule has 4 nitrogen and oxygen atoms in total. The highest BCUT2D eigenvalue weighted by Crippen LogP contribution is 2.29. The summed E-state index contributed by atoms with van der Waals surface area (Å²) in [6, 6.07) is 21.6. The molecule has 0 bridgehead atoms. The lowest BCUT2D eigenvalue weighted by molar-refractivity contribution is 0.0699. The molecule has 0 amide bonds. The van der Waals surface area contributed by atoms with Crippen LogP contribution >= 0.6 is 11.6 Å². The number of fused-ring (bicyclic) bond motifs is 1. The molecule has 0 spiro atoms. The maximum absolute atomic E-state index is 11.7. The highest BCUT2D eigenvalue weighted by molar-refractivity contribution is 6.31. The molecule has 0 saturated carbocycles. The van der Waals surface area contributed by atoms with Crippen molar-refractivity contribution in [3.05, 3.63) is 88.9 Å². The summed E-state index contributed by atoms with van der Waals surface area (Å²) in [4.78, 5) is 27.1. The third-order valence-corrected chi connectivity index (χ3v) is 4.80. The third kappa shape index (κ3) is 3.38. The van der Waals surface area contributed by atoms with Crippen molar-refractivity contribution in [3.8, 4) is 22.4 Å². The van der Waals surface area contributed by atoms with Gasteiger partial charge in [-0.3, -0.25) is 4.79 Å². The van der Waals surface area contributed by atoms with Gasteiger partial charge in [-0.2, -0.15) is 0 Å². The van der Waals surface area contributed by atoms with Crippen LogP contribution in [-0.4, -0.2) is 22.3 Å². The first-order valence-electron chi connectivity index (χ1n) is 8.55. The number of aromatic carboxylic acids is 1. The summed E-state index contributed by atoms with van der Waals surface area (Å²) in [7, 11) is 0. The minimum Gasteiger partial charge on any atom is -0.478 e. The van der Waals surface area contributed by atoms with Gasteiger partial charge < -0.3 is 5.11 Å². The summed E-state index contributed by atoms with van der Waals surface area (Å²) in [5, 5.41) is 10.6. The molecule has 0 unspecified atom stereocenters. The van der Waals surface area contributed by atoms with E-state index in [2.05, 4.69) is 4.98 Å². The minimum absolute atomic E-state index is 0.163. The van der Waals surface area contributed by atoms with Gasteiger partial charge in [0.1, 0.15) is 6.29 Å². The van der Waals surface area contributed by atoms with Crippen LogP contribution in [-0.2, 0) is 0 Å². The van der Waals surface area contributed by atoms with Crippen molar-refractivity contribution < 1.29 is 14.7 Å². The SMILES string of the molecule is O=Cc1ccc(-c2ccc(-c3cc(C(=O)O)c4cc(Cl)ccc4n3)cc2)cc1. The number of hydrogen-bond donors (Lipinski definition) is 1. The van der Waals surface area contributed by atoms with E-state index in [1.54, 1.807) is 36.4 Å². The molecular weight excluding hydrogens is 374 g/mol. The van der Waals surface area contributed by atoms with Gasteiger partial charge in [0, 0.05) is 21.5 Å². The van der Waals surface area contributed by atoms with Crippen LogP contribution in [0.3, 0.4) is 0 Å². The number of nitrogens with zero attached hydrogens (tertiary/aromatic N) is 1. The quantitative estimate of drug-likeness (QED) is 0.454. The Bertz CT molecular complexity index is 1200. The predicted molar refractivity (Wildman–Crippen MR) is 110 cm³/mol. The number of rotatable bonds is 4. The Labute approximate surface area is 166 Å². The zero-order chi connectivity index (χ0) is 19.7. The Balaban J connectivity index is 1.76. The molecule has 4 aromatic rings. The number of aldehydes is 1. The van der Waals surface area contributed by atoms with Crippen LogP contribution in [0.1, 0.15) is 20.7 Å². The lowest BCUT2D eigenvalue weighted by Crippen LogP contribution is -2.00. The van der Waals surface area contributed by atoms with Crippen molar-refractivity contribution in [3.63, 3.8) is 0 Å². The molecule has 1 aromatic heterocycles. The van der Waals surface area contributed by atoms with E-state index in [1.807, 2.05) is 36.4 Å². The molecule has 0 radical (unpaired) electrons. The topological polar surface area (TPSA) is 67.3 Å². The van der Waals surface area contributed by atoms with Gasteiger partial charge >= 0.3 is 5.97 Å². The van der Waals surface area contributed by atoms with Gasteiger partial charge in [0.15, 0.2) is 0 Å². The average molecular weight is 388 g/mol. The monoisotopic (exact) mass is 387 g/mol. The number of carbonyl (C=O) groups is 2. The number of carboxylic acids is 1. The van der Waals surface area contributed by atoms with Gasteiger partial charge in [0.05, 0.1) is 16.8 Å². The summed E-state index contributed by atoms with van der Waals surface area (Å²) in [5.74, 6) is -1.03. The largest absolute Gasteiger partial charge is 0.478 e. The molecule has 0 saturated heterocycles. The maximum atomic E-state index is 11.7. The summed E-state index contributed by atoms with van der Waals surface area (Å²) in [5.41, 5.74) is 4.74. The molecule has 0 atom stereocenters. The number of benzene rings is 3. The minimum atomic E-state index is -1.03. The van der Waals surface area contributed by atoms with Gasteiger partial charge in [-0.15, -0.1) is 0 Å². The van der Waals surface area contributed by atoms with Gasteiger partial charge in [0.25, 0.3) is 0 Å². The molecule has 5 heteroatoms. The number of hydrogen-bond acceptors (Lipinski definition) is 3. The van der Waals surface area contributed by atoms with Crippen molar-refractivity contribution in [1.29, 1.82) is 0 Å². The van der Waals surface area contributed by atoms with E-state index in [0.717, 1.165) is 23.0 Å². The third-order valence-electron chi connectivity index (χ3n) is 4.56. The second kappa shape index (κ2) is 7.25. The lowest BCUT2D eigenvalue weighted by atomic mass is 10.00. The van der Waals surface area contributed by atoms with Crippen LogP contribution in [0.2, 0.25) is 5.02 Å². The first-order valence-corrected chi connectivity index (χ1v) is 8.92. The standard InChI is InChI=1S/C23H14ClNO3/c24-18-9-10-21-19(11-18)20(23(27)28)12-22(25-21)17-7-5-16(6-8-17)15-3-1-14(13-26)2-4-15/h1-13H,(H,27,28). The molecular formula is C23H14ClNO3. The van der Waals surface area contributed by atoms with E-state index in [0.29, 0.717) is 27.2 Å². The van der Waals surface area contributed by atoms with E-state index in [4.69, 9.17) is 11.6 Å². The van der Waals surface area contributed by atoms with Gasteiger partial charge in [-0.1, -0.05) is 60.1 Å². The molecule has 1 heterocycles. The normalized spacial score (nSPS) is 10.8. The summed E-state index contributed by atoms with van der Waals surface area (Å²) < 4.78 is 0. The predicted octanol–water partition coefficient (Wildman–Crippen LogP) is 5.73. The van der Waals surface area contributed by atoms with Gasteiger partial charge in [-0.05, 0) is 35.4 Å². The van der Waals surface area contributed by atoms with E-state index in [9.17, 15) is 14.7 Å². The molecule has 4 rings (SSSR count). The first kappa shape index (κ1) is 17.9. The van der Waals surface area contributed by atoms with Crippen LogP contribution < -0.4 is 0 Å². The number of halogens is 1. The van der Waals surface area contributed by atoms with Crippen LogP contribution in [0, 0.1) is 0 Å². The zero-order valence-corrected chi connectivity index (χ0v) is 15.4. The second-order valence-corrected chi connectivity index (χ2v) is 6.78. The average Bonchev–Trinajstić information content (AvgIpc) is 2.73. The van der Waals surface area contributed by atoms with Crippen LogP contribution in [0.25, 0.3) is 33.3 Å². The highest BCUT2D eigenvalue weighted by Gasteiger charge is 2.13. The van der Waals surface area contributed by atoms with Gasteiger partial charge in [-0.25, -0.2) is 9.78 Å². The lowest BCUT2D eigenvalue weighted by Gasteiger charge is -2.09. The molecule has 0 fully saturated rings. The van der Waals surface area contributed by atoms with E-state index >= 15 is 0 Å². The smallest absolute Gasteiger partial charge is 0.336 e. The molecule has 0 aliphatic heterocycles. The number of pyridine rings is 1. The Morgan fingerprint density at radius 1 is 0.857 bits per heavy atom. The number of aromatic nitrogens is 1. The maximum Gasteiger partial charge on any atom is 0.336 e. The van der Waals surface area contributed by atoms with Crippen molar-refractivity contribution in [1.82, 2.24) is 4.98 Å². The summed E-state index contributed by atoms with van der Waals surface area (Å²) >= 11 is 6.01. The Kier molecular flexibility index (Phi) is 4.63. The first-order chi connectivity index (χ1) is 13.5.